The van der Waals surface area contributed by atoms with E-state index in [1.54, 1.807) is 0 Å². The first-order chi connectivity index (χ1) is 11.7. The fourth-order valence-corrected chi connectivity index (χ4v) is 2.94. The fourth-order valence-electron chi connectivity index (χ4n) is 2.94. The van der Waals surface area contributed by atoms with Crippen molar-refractivity contribution in [1.29, 1.82) is 0 Å². The number of aryl methyl sites for hydroxylation is 2. The van der Waals surface area contributed by atoms with Gasteiger partial charge in [-0.3, -0.25) is 0 Å². The van der Waals surface area contributed by atoms with Crippen LogP contribution in [0.5, 0.6) is 0 Å². The monoisotopic (exact) mass is 325 g/mol. The quantitative estimate of drug-likeness (QED) is 0.827. The number of likely N-dealkylation sites (N-methyl/N-ethyl adjacent to an activating group) is 1. The van der Waals surface area contributed by atoms with E-state index in [0.29, 0.717) is 0 Å². The zero-order valence-corrected chi connectivity index (χ0v) is 14.7. The van der Waals surface area contributed by atoms with E-state index in [4.69, 9.17) is 4.98 Å². The summed E-state index contributed by atoms with van der Waals surface area (Å²) in [5.74, 6) is 1.79. The normalized spacial score (nSPS) is 15.5. The molecule has 1 aromatic heterocycles. The second-order valence-electron chi connectivity index (χ2n) is 6.50. The molecule has 0 radical (unpaired) electrons. The maximum absolute atomic E-state index is 4.71. The molecule has 0 atom stereocenters. The molecule has 128 valence electrons. The SMILES string of the molecule is Cc1cc(NCCCc2ccccc2)nc(N2CCN(C)CC2)n1. The number of rotatable bonds is 6. The molecule has 1 aliphatic rings. The average Bonchev–Trinajstić information content (AvgIpc) is 2.60. The van der Waals surface area contributed by atoms with E-state index in [2.05, 4.69) is 57.5 Å². The number of nitrogens with one attached hydrogen (secondary N) is 1. The number of hydrogen-bond donors (Lipinski definition) is 1. The molecule has 0 spiro atoms. The molecule has 5 nitrogen and oxygen atoms in total. The molecule has 1 fully saturated rings. The Labute approximate surface area is 144 Å². The van der Waals surface area contributed by atoms with Gasteiger partial charge >= 0.3 is 0 Å². The van der Waals surface area contributed by atoms with Crippen LogP contribution in [0.1, 0.15) is 17.7 Å². The van der Waals surface area contributed by atoms with Crippen LogP contribution in [0.4, 0.5) is 11.8 Å². The van der Waals surface area contributed by atoms with Crippen molar-refractivity contribution in [2.75, 3.05) is 50.0 Å². The number of aromatic nitrogens is 2. The van der Waals surface area contributed by atoms with E-state index >= 15 is 0 Å². The van der Waals surface area contributed by atoms with Gasteiger partial charge in [0.05, 0.1) is 0 Å². The van der Waals surface area contributed by atoms with E-state index < -0.39 is 0 Å². The minimum Gasteiger partial charge on any atom is -0.370 e. The lowest BCUT2D eigenvalue weighted by molar-refractivity contribution is 0.311. The Morgan fingerprint density at radius 3 is 2.54 bits per heavy atom. The molecule has 0 aliphatic carbocycles. The maximum Gasteiger partial charge on any atom is 0.227 e. The molecule has 2 heterocycles. The molecule has 0 amide bonds. The summed E-state index contributed by atoms with van der Waals surface area (Å²) in [5.41, 5.74) is 2.40. The molecule has 5 heteroatoms. The van der Waals surface area contributed by atoms with Crippen molar-refractivity contribution in [3.05, 3.63) is 47.7 Å². The van der Waals surface area contributed by atoms with Gasteiger partial charge in [0.15, 0.2) is 0 Å². The van der Waals surface area contributed by atoms with Gasteiger partial charge in [-0.25, -0.2) is 4.98 Å². The van der Waals surface area contributed by atoms with E-state index in [0.717, 1.165) is 63.0 Å². The van der Waals surface area contributed by atoms with Crippen molar-refractivity contribution in [2.45, 2.75) is 19.8 Å². The van der Waals surface area contributed by atoms with Crippen molar-refractivity contribution < 1.29 is 0 Å². The average molecular weight is 325 g/mol. The smallest absolute Gasteiger partial charge is 0.227 e. The summed E-state index contributed by atoms with van der Waals surface area (Å²) < 4.78 is 0. The lowest BCUT2D eigenvalue weighted by Gasteiger charge is -2.32. The molecule has 0 unspecified atom stereocenters. The first-order valence-electron chi connectivity index (χ1n) is 8.78. The highest BCUT2D eigenvalue weighted by Crippen LogP contribution is 2.15. The van der Waals surface area contributed by atoms with E-state index in [1.807, 2.05) is 13.0 Å². The molecule has 24 heavy (non-hydrogen) atoms. The summed E-state index contributed by atoms with van der Waals surface area (Å²) in [6, 6.07) is 12.6. The molecular weight excluding hydrogens is 298 g/mol. The number of nitrogens with zero attached hydrogens (tertiary/aromatic N) is 4. The van der Waals surface area contributed by atoms with Crippen molar-refractivity contribution in [3.63, 3.8) is 0 Å². The van der Waals surface area contributed by atoms with Gasteiger partial charge < -0.3 is 15.1 Å². The number of anilines is 2. The third kappa shape index (κ3) is 4.68. The summed E-state index contributed by atoms with van der Waals surface area (Å²) in [7, 11) is 2.16. The van der Waals surface area contributed by atoms with Crippen molar-refractivity contribution >= 4 is 11.8 Å². The van der Waals surface area contributed by atoms with Crippen LogP contribution in [0.3, 0.4) is 0 Å². The van der Waals surface area contributed by atoms with Crippen molar-refractivity contribution in [3.8, 4) is 0 Å². The van der Waals surface area contributed by atoms with Gasteiger partial charge in [-0.1, -0.05) is 30.3 Å². The second-order valence-corrected chi connectivity index (χ2v) is 6.50. The Hall–Kier alpha value is -2.14. The largest absolute Gasteiger partial charge is 0.370 e. The second kappa shape index (κ2) is 8.11. The maximum atomic E-state index is 4.71. The van der Waals surface area contributed by atoms with Crippen LogP contribution in [0.25, 0.3) is 0 Å². The van der Waals surface area contributed by atoms with Crippen LogP contribution in [0.15, 0.2) is 36.4 Å². The van der Waals surface area contributed by atoms with Gasteiger partial charge in [0, 0.05) is 44.5 Å². The zero-order valence-electron chi connectivity index (χ0n) is 14.7. The molecule has 0 saturated carbocycles. The molecule has 0 bridgehead atoms. The number of piperazine rings is 1. The molecular formula is C19H27N5. The van der Waals surface area contributed by atoms with Crippen LogP contribution in [-0.2, 0) is 6.42 Å². The highest BCUT2D eigenvalue weighted by molar-refractivity contribution is 5.44. The van der Waals surface area contributed by atoms with E-state index in [-0.39, 0.29) is 0 Å². The standard InChI is InChI=1S/C19H27N5/c1-16-15-18(20-10-6-9-17-7-4-3-5-8-17)22-19(21-16)24-13-11-23(2)12-14-24/h3-5,7-8,15H,6,9-14H2,1-2H3,(H,20,21,22). The third-order valence-corrected chi connectivity index (χ3v) is 4.42. The first kappa shape index (κ1) is 16.7. The Morgan fingerprint density at radius 1 is 1.04 bits per heavy atom. The lowest BCUT2D eigenvalue weighted by atomic mass is 10.1. The molecule has 1 aliphatic heterocycles. The van der Waals surface area contributed by atoms with Gasteiger partial charge in [0.1, 0.15) is 5.82 Å². The minimum atomic E-state index is 0.855. The van der Waals surface area contributed by atoms with Crippen molar-refractivity contribution in [1.82, 2.24) is 14.9 Å². The molecule has 1 aromatic carbocycles. The summed E-state index contributed by atoms with van der Waals surface area (Å²) in [4.78, 5) is 13.9. The molecule has 1 N–H and O–H groups in total. The van der Waals surface area contributed by atoms with Gasteiger partial charge in [0.2, 0.25) is 5.95 Å². The zero-order chi connectivity index (χ0) is 16.8. The van der Waals surface area contributed by atoms with Gasteiger partial charge in [-0.2, -0.15) is 4.98 Å². The summed E-state index contributed by atoms with van der Waals surface area (Å²) in [6.07, 6.45) is 2.18. The van der Waals surface area contributed by atoms with E-state index in [1.165, 1.54) is 5.56 Å². The highest BCUT2D eigenvalue weighted by Gasteiger charge is 2.17. The number of hydrogen-bond acceptors (Lipinski definition) is 5. The Bertz CT molecular complexity index is 635. The lowest BCUT2D eigenvalue weighted by Crippen LogP contribution is -2.45. The molecule has 3 rings (SSSR count). The first-order valence-corrected chi connectivity index (χ1v) is 8.78. The summed E-state index contributed by atoms with van der Waals surface area (Å²) in [5, 5.41) is 3.46. The predicted octanol–water partition coefficient (Wildman–Crippen LogP) is 2.58. The van der Waals surface area contributed by atoms with Gasteiger partial charge in [0.25, 0.3) is 0 Å². The fraction of sp³-hybridized carbons (Fsp3) is 0.474. The molecule has 2 aromatic rings. The Morgan fingerprint density at radius 2 is 1.79 bits per heavy atom. The molecule has 1 saturated heterocycles. The summed E-state index contributed by atoms with van der Waals surface area (Å²) in [6.45, 7) is 7.08. The van der Waals surface area contributed by atoms with Crippen LogP contribution in [0.2, 0.25) is 0 Å². The van der Waals surface area contributed by atoms with Crippen LogP contribution < -0.4 is 10.2 Å². The summed E-state index contributed by atoms with van der Waals surface area (Å²) >= 11 is 0. The Balaban J connectivity index is 1.54. The van der Waals surface area contributed by atoms with Gasteiger partial charge in [-0.05, 0) is 32.4 Å². The topological polar surface area (TPSA) is 44.3 Å². The Kier molecular flexibility index (Phi) is 5.64. The van der Waals surface area contributed by atoms with E-state index in [9.17, 15) is 0 Å². The van der Waals surface area contributed by atoms with Crippen LogP contribution >= 0.6 is 0 Å². The highest BCUT2D eigenvalue weighted by atomic mass is 15.3. The minimum absolute atomic E-state index is 0.855. The van der Waals surface area contributed by atoms with Crippen LogP contribution in [0, 0.1) is 6.92 Å². The number of benzene rings is 1. The predicted molar refractivity (Wildman–Crippen MR) is 99.7 cm³/mol. The van der Waals surface area contributed by atoms with Crippen LogP contribution in [-0.4, -0.2) is 54.6 Å². The van der Waals surface area contributed by atoms with Gasteiger partial charge in [-0.15, -0.1) is 0 Å². The van der Waals surface area contributed by atoms with Crippen molar-refractivity contribution in [2.24, 2.45) is 0 Å². The third-order valence-electron chi connectivity index (χ3n) is 4.42.